The lowest BCUT2D eigenvalue weighted by atomic mass is 9.78. The van der Waals surface area contributed by atoms with E-state index in [0.29, 0.717) is 26.9 Å². The Morgan fingerprint density at radius 3 is 2.46 bits per heavy atom. The van der Waals surface area contributed by atoms with Gasteiger partial charge in [-0.15, -0.1) is 0 Å². The second-order valence-corrected chi connectivity index (χ2v) is 7.14. The molecule has 0 aromatic heterocycles. The Labute approximate surface area is 158 Å². The van der Waals surface area contributed by atoms with Crippen LogP contribution in [0.2, 0.25) is 10.0 Å². The molecule has 2 N–H and O–H groups in total. The van der Waals surface area contributed by atoms with Crippen LogP contribution in [0.3, 0.4) is 0 Å². The summed E-state index contributed by atoms with van der Waals surface area (Å²) in [4.78, 5) is 4.03. The van der Waals surface area contributed by atoms with Crippen molar-refractivity contribution in [3.8, 4) is 16.9 Å². The molecule has 136 valence electrons. The van der Waals surface area contributed by atoms with Crippen LogP contribution in [0.15, 0.2) is 41.4 Å². The monoisotopic (exact) mass is 398 g/mol. The van der Waals surface area contributed by atoms with Gasteiger partial charge in [0.25, 0.3) is 6.02 Å². The van der Waals surface area contributed by atoms with Crippen LogP contribution >= 0.6 is 23.2 Å². The Morgan fingerprint density at radius 1 is 1.00 bits per heavy atom. The van der Waals surface area contributed by atoms with Crippen LogP contribution < -0.4 is 10.5 Å². The number of ether oxygens (including phenoxy) is 2. The summed E-state index contributed by atoms with van der Waals surface area (Å²) in [5.41, 5.74) is 5.46. The third-order valence-corrected chi connectivity index (χ3v) is 5.09. The first-order valence-corrected chi connectivity index (χ1v) is 8.66. The summed E-state index contributed by atoms with van der Waals surface area (Å²) in [5, 5.41) is 0.907. The molecule has 0 aliphatic carbocycles. The third kappa shape index (κ3) is 2.68. The van der Waals surface area contributed by atoms with Gasteiger partial charge < -0.3 is 15.2 Å². The molecule has 1 unspecified atom stereocenters. The van der Waals surface area contributed by atoms with Gasteiger partial charge in [-0.3, -0.25) is 0 Å². The van der Waals surface area contributed by atoms with Crippen LogP contribution in [0.1, 0.15) is 12.0 Å². The van der Waals surface area contributed by atoms with Gasteiger partial charge >= 0.3 is 5.92 Å². The summed E-state index contributed by atoms with van der Waals surface area (Å²) in [7, 11) is 0. The Kier molecular flexibility index (Phi) is 4.00. The number of nitrogens with zero attached hydrogens (tertiary/aromatic N) is 1. The van der Waals surface area contributed by atoms with Gasteiger partial charge in [0.2, 0.25) is 0 Å². The molecule has 4 nitrogen and oxygen atoms in total. The van der Waals surface area contributed by atoms with Gasteiger partial charge in [-0.2, -0.15) is 8.78 Å². The number of benzene rings is 2. The van der Waals surface area contributed by atoms with E-state index in [1.165, 1.54) is 0 Å². The topological polar surface area (TPSA) is 56.8 Å². The number of hydrogen-bond acceptors (Lipinski definition) is 4. The normalized spacial score (nSPS) is 23.6. The zero-order chi connectivity index (χ0) is 18.5. The lowest BCUT2D eigenvalue weighted by Gasteiger charge is -2.43. The van der Waals surface area contributed by atoms with Gasteiger partial charge in [0.1, 0.15) is 5.75 Å². The van der Waals surface area contributed by atoms with E-state index in [1.807, 2.05) is 0 Å². The first kappa shape index (κ1) is 17.4. The summed E-state index contributed by atoms with van der Waals surface area (Å²) in [6.45, 7) is -0.712. The fourth-order valence-corrected chi connectivity index (χ4v) is 3.93. The number of hydrogen-bond donors (Lipinski definition) is 1. The highest BCUT2D eigenvalue weighted by Gasteiger charge is 2.60. The minimum Gasteiger partial charge on any atom is -0.493 e. The highest BCUT2D eigenvalue weighted by molar-refractivity contribution is 6.35. The largest absolute Gasteiger partial charge is 0.493 e. The molecule has 2 aliphatic heterocycles. The van der Waals surface area contributed by atoms with E-state index >= 15 is 0 Å². The molecule has 2 aromatic rings. The minimum atomic E-state index is -3.22. The van der Waals surface area contributed by atoms with Gasteiger partial charge in [0, 0.05) is 22.0 Å². The maximum Gasteiger partial charge on any atom is 0.310 e. The van der Waals surface area contributed by atoms with Gasteiger partial charge in [-0.05, 0) is 41.5 Å². The van der Waals surface area contributed by atoms with Crippen molar-refractivity contribution in [2.45, 2.75) is 17.9 Å². The highest BCUT2D eigenvalue weighted by atomic mass is 35.5. The predicted molar refractivity (Wildman–Crippen MR) is 96.2 cm³/mol. The predicted octanol–water partition coefficient (Wildman–Crippen LogP) is 4.62. The maximum atomic E-state index is 14.9. The summed E-state index contributed by atoms with van der Waals surface area (Å²) in [5.74, 6) is -2.87. The van der Waals surface area contributed by atoms with Crippen molar-refractivity contribution in [3.05, 3.63) is 52.0 Å². The molecule has 4 rings (SSSR count). The van der Waals surface area contributed by atoms with Gasteiger partial charge in [-0.25, -0.2) is 4.99 Å². The molecule has 2 aromatic carbocycles. The van der Waals surface area contributed by atoms with E-state index in [2.05, 4.69) is 4.99 Å². The van der Waals surface area contributed by atoms with E-state index in [4.69, 9.17) is 38.4 Å². The summed E-state index contributed by atoms with van der Waals surface area (Å²) in [6.07, 6.45) is -0.00316. The van der Waals surface area contributed by atoms with E-state index in [9.17, 15) is 8.78 Å². The van der Waals surface area contributed by atoms with Crippen molar-refractivity contribution in [1.82, 2.24) is 0 Å². The molecule has 0 amide bonds. The summed E-state index contributed by atoms with van der Waals surface area (Å²) < 4.78 is 40.1. The van der Waals surface area contributed by atoms with Crippen molar-refractivity contribution in [1.29, 1.82) is 0 Å². The molecule has 0 saturated heterocycles. The van der Waals surface area contributed by atoms with Gasteiger partial charge in [0.15, 0.2) is 12.1 Å². The smallest absolute Gasteiger partial charge is 0.310 e. The lowest BCUT2D eigenvalue weighted by Crippen LogP contribution is -2.54. The van der Waals surface area contributed by atoms with Crippen LogP contribution in [-0.4, -0.2) is 25.2 Å². The SMILES string of the molecule is NC1=NC2(CCOc3ccc(-c4cc(Cl)cc(Cl)c4)cc32)C(F)(F)CO1. The van der Waals surface area contributed by atoms with E-state index in [-0.39, 0.29) is 24.6 Å². The van der Waals surface area contributed by atoms with Crippen LogP contribution in [-0.2, 0) is 10.3 Å². The van der Waals surface area contributed by atoms with Gasteiger partial charge in [-0.1, -0.05) is 29.3 Å². The Hall–Kier alpha value is -2.05. The molecule has 2 heterocycles. The maximum absolute atomic E-state index is 14.9. The van der Waals surface area contributed by atoms with Crippen LogP contribution in [0.25, 0.3) is 11.1 Å². The molecule has 0 radical (unpaired) electrons. The Morgan fingerprint density at radius 2 is 1.73 bits per heavy atom. The van der Waals surface area contributed by atoms with Crippen molar-refractivity contribution < 1.29 is 18.3 Å². The molecule has 1 atom stereocenters. The second kappa shape index (κ2) is 5.99. The number of amidine groups is 1. The number of aliphatic imine (C=N–C) groups is 1. The number of rotatable bonds is 1. The van der Waals surface area contributed by atoms with Crippen LogP contribution in [0.4, 0.5) is 8.78 Å². The molecular weight excluding hydrogens is 385 g/mol. The number of fused-ring (bicyclic) bond motifs is 2. The van der Waals surface area contributed by atoms with E-state index in [0.717, 1.165) is 0 Å². The molecule has 1 spiro atoms. The fourth-order valence-electron chi connectivity index (χ4n) is 3.40. The average molecular weight is 399 g/mol. The van der Waals surface area contributed by atoms with Gasteiger partial charge in [0.05, 0.1) is 6.61 Å². The second-order valence-electron chi connectivity index (χ2n) is 6.27. The number of halogens is 4. The number of alkyl halides is 2. The molecule has 0 fully saturated rings. The quantitative estimate of drug-likeness (QED) is 0.762. The van der Waals surface area contributed by atoms with E-state index in [1.54, 1.807) is 36.4 Å². The van der Waals surface area contributed by atoms with Crippen molar-refractivity contribution in [2.75, 3.05) is 13.2 Å². The standard InChI is InChI=1S/C18H14Cl2F2N2O2/c19-12-5-11(6-13(20)8-12)10-1-2-15-14(7-10)17(3-4-25-15)18(21,22)9-26-16(23)24-17/h1-2,5-8H,3-4,9H2,(H2,23,24). The van der Waals surface area contributed by atoms with Crippen molar-refractivity contribution >= 4 is 29.2 Å². The zero-order valence-electron chi connectivity index (χ0n) is 13.4. The van der Waals surface area contributed by atoms with Crippen LogP contribution in [0.5, 0.6) is 5.75 Å². The lowest BCUT2D eigenvalue weighted by molar-refractivity contribution is -0.132. The summed E-state index contributed by atoms with van der Waals surface area (Å²) in [6, 6.07) is 9.83. The average Bonchev–Trinajstić information content (AvgIpc) is 2.58. The first-order chi connectivity index (χ1) is 12.3. The van der Waals surface area contributed by atoms with Crippen LogP contribution in [0, 0.1) is 0 Å². The minimum absolute atomic E-state index is 0.00316. The van der Waals surface area contributed by atoms with Crippen molar-refractivity contribution in [2.24, 2.45) is 10.7 Å². The number of nitrogens with two attached hydrogens (primary N) is 1. The summed E-state index contributed by atoms with van der Waals surface area (Å²) >= 11 is 12.1. The molecular formula is C18H14Cl2F2N2O2. The zero-order valence-corrected chi connectivity index (χ0v) is 15.0. The van der Waals surface area contributed by atoms with Crippen molar-refractivity contribution in [3.63, 3.8) is 0 Å². The molecule has 0 bridgehead atoms. The highest BCUT2D eigenvalue weighted by Crippen LogP contribution is 2.52. The molecule has 0 saturated carbocycles. The fraction of sp³-hybridized carbons (Fsp3) is 0.278. The third-order valence-electron chi connectivity index (χ3n) is 4.65. The Bertz CT molecular complexity index is 900. The molecule has 8 heteroatoms. The van der Waals surface area contributed by atoms with E-state index < -0.39 is 18.1 Å². The first-order valence-electron chi connectivity index (χ1n) is 7.90. The Balaban J connectivity index is 1.92. The molecule has 2 aliphatic rings. The molecule has 26 heavy (non-hydrogen) atoms.